The standard InChI is InChI=1S/C18H20ClN3O4/c1-21(2)16(13-6-4-5-7-17(13)26-3)11-20-18(23)12-8-9-14(19)15(10-12)22(24)25/h4-10,16H,11H2,1-3H3,(H,20,23)/p+1/t16-/m0/s1. The van der Waals surface area contributed by atoms with E-state index in [0.29, 0.717) is 6.54 Å². The minimum absolute atomic E-state index is 0.00353. The number of carbonyl (C=O) groups is 1. The summed E-state index contributed by atoms with van der Waals surface area (Å²) in [5.74, 6) is 0.348. The molecule has 0 aliphatic heterocycles. The fraction of sp³-hybridized carbons (Fsp3) is 0.278. The van der Waals surface area contributed by atoms with Gasteiger partial charge in [0.2, 0.25) is 0 Å². The van der Waals surface area contributed by atoms with E-state index in [1.165, 1.54) is 18.2 Å². The van der Waals surface area contributed by atoms with E-state index >= 15 is 0 Å². The highest BCUT2D eigenvalue weighted by atomic mass is 35.5. The number of nitrogens with one attached hydrogen (secondary N) is 2. The van der Waals surface area contributed by atoms with Crippen molar-refractivity contribution in [1.29, 1.82) is 0 Å². The molecule has 0 bridgehead atoms. The minimum Gasteiger partial charge on any atom is -0.496 e. The minimum atomic E-state index is -0.610. The molecule has 0 radical (unpaired) electrons. The maximum atomic E-state index is 12.4. The van der Waals surface area contributed by atoms with Crippen molar-refractivity contribution in [2.75, 3.05) is 27.7 Å². The molecule has 0 unspecified atom stereocenters. The molecule has 0 aliphatic carbocycles. The van der Waals surface area contributed by atoms with Crippen LogP contribution in [0.3, 0.4) is 0 Å². The van der Waals surface area contributed by atoms with E-state index < -0.39 is 10.8 Å². The number of carbonyl (C=O) groups excluding carboxylic acids is 1. The number of nitrogens with zero attached hydrogens (tertiary/aromatic N) is 1. The van der Waals surface area contributed by atoms with Crippen LogP contribution in [-0.2, 0) is 0 Å². The molecule has 138 valence electrons. The summed E-state index contributed by atoms with van der Waals surface area (Å²) in [6, 6.07) is 11.6. The summed E-state index contributed by atoms with van der Waals surface area (Å²) in [4.78, 5) is 23.9. The largest absolute Gasteiger partial charge is 0.496 e. The van der Waals surface area contributed by atoms with Gasteiger partial charge in [-0.3, -0.25) is 14.9 Å². The number of nitro groups is 1. The molecule has 8 heteroatoms. The van der Waals surface area contributed by atoms with E-state index in [9.17, 15) is 14.9 Å². The molecule has 26 heavy (non-hydrogen) atoms. The summed E-state index contributed by atoms with van der Waals surface area (Å²) in [5.41, 5.74) is 0.866. The monoisotopic (exact) mass is 378 g/mol. The average Bonchev–Trinajstić information content (AvgIpc) is 2.61. The molecule has 0 aromatic heterocycles. The molecule has 1 atom stereocenters. The molecule has 2 rings (SSSR count). The molecule has 0 aliphatic rings. The first-order valence-electron chi connectivity index (χ1n) is 8.00. The lowest BCUT2D eigenvalue weighted by Crippen LogP contribution is -3.07. The molecular weight excluding hydrogens is 358 g/mol. The van der Waals surface area contributed by atoms with E-state index in [2.05, 4.69) is 5.32 Å². The molecule has 0 spiro atoms. The number of methoxy groups -OCH3 is 1. The normalized spacial score (nSPS) is 11.9. The van der Waals surface area contributed by atoms with Crippen molar-refractivity contribution in [1.82, 2.24) is 5.32 Å². The van der Waals surface area contributed by atoms with Crippen molar-refractivity contribution in [2.45, 2.75) is 6.04 Å². The highest BCUT2D eigenvalue weighted by Gasteiger charge is 2.23. The highest BCUT2D eigenvalue weighted by Crippen LogP contribution is 2.25. The number of benzene rings is 2. The van der Waals surface area contributed by atoms with E-state index in [1.807, 2.05) is 38.4 Å². The predicted molar refractivity (Wildman–Crippen MR) is 99.0 cm³/mol. The summed E-state index contributed by atoms with van der Waals surface area (Å²) in [6.45, 7) is 0.345. The zero-order chi connectivity index (χ0) is 19.3. The van der Waals surface area contributed by atoms with Crippen LogP contribution in [0.15, 0.2) is 42.5 Å². The zero-order valence-corrected chi connectivity index (χ0v) is 15.5. The topological polar surface area (TPSA) is 85.9 Å². The van der Waals surface area contributed by atoms with Crippen LogP contribution < -0.4 is 15.0 Å². The third-order valence-electron chi connectivity index (χ3n) is 4.08. The van der Waals surface area contributed by atoms with Gasteiger partial charge in [-0.2, -0.15) is 0 Å². The van der Waals surface area contributed by atoms with Crippen molar-refractivity contribution >= 4 is 23.2 Å². The summed E-state index contributed by atoms with van der Waals surface area (Å²) in [7, 11) is 5.57. The molecule has 2 aromatic rings. The summed E-state index contributed by atoms with van der Waals surface area (Å²) in [5, 5.41) is 13.8. The van der Waals surface area contributed by atoms with Gasteiger partial charge in [0.25, 0.3) is 11.6 Å². The summed E-state index contributed by atoms with van der Waals surface area (Å²) in [6.07, 6.45) is 0. The predicted octanol–water partition coefficient (Wildman–Crippen LogP) is 1.87. The zero-order valence-electron chi connectivity index (χ0n) is 14.8. The van der Waals surface area contributed by atoms with Gasteiger partial charge in [0.05, 0.1) is 38.2 Å². The van der Waals surface area contributed by atoms with Crippen molar-refractivity contribution in [2.24, 2.45) is 0 Å². The number of halogens is 1. The van der Waals surface area contributed by atoms with Crippen LogP contribution in [-0.4, -0.2) is 38.6 Å². The van der Waals surface area contributed by atoms with Gasteiger partial charge >= 0.3 is 0 Å². The van der Waals surface area contributed by atoms with Crippen LogP contribution in [0.1, 0.15) is 22.0 Å². The van der Waals surface area contributed by atoms with Crippen molar-refractivity contribution in [3.05, 3.63) is 68.7 Å². The molecule has 2 N–H and O–H groups in total. The van der Waals surface area contributed by atoms with Crippen LogP contribution in [0.5, 0.6) is 5.75 Å². The Labute approximate surface area is 156 Å². The smallest absolute Gasteiger partial charge is 0.288 e. The molecule has 0 saturated heterocycles. The van der Waals surface area contributed by atoms with Gasteiger partial charge in [-0.1, -0.05) is 23.7 Å². The van der Waals surface area contributed by atoms with E-state index in [1.54, 1.807) is 7.11 Å². The Hall–Kier alpha value is -2.64. The van der Waals surface area contributed by atoms with E-state index in [-0.39, 0.29) is 22.3 Å². The first-order chi connectivity index (χ1) is 12.3. The Morgan fingerprint density at radius 1 is 1.31 bits per heavy atom. The molecular formula is C18H21ClN3O4+. The second kappa shape index (κ2) is 8.64. The van der Waals surface area contributed by atoms with Gasteiger partial charge in [0.15, 0.2) is 0 Å². The van der Waals surface area contributed by atoms with Gasteiger partial charge in [-0.05, 0) is 24.3 Å². The van der Waals surface area contributed by atoms with Crippen LogP contribution in [0.25, 0.3) is 0 Å². The lowest BCUT2D eigenvalue weighted by atomic mass is 10.0. The Balaban J connectivity index is 2.18. The van der Waals surface area contributed by atoms with Gasteiger partial charge in [-0.15, -0.1) is 0 Å². The molecule has 7 nitrogen and oxygen atoms in total. The van der Waals surface area contributed by atoms with Crippen LogP contribution in [0, 0.1) is 10.1 Å². The third-order valence-corrected chi connectivity index (χ3v) is 4.40. The number of likely N-dealkylation sites (N-methyl/N-ethyl adjacent to an activating group) is 1. The molecule has 0 heterocycles. The fourth-order valence-electron chi connectivity index (χ4n) is 2.67. The number of para-hydroxylation sites is 1. The van der Waals surface area contributed by atoms with Gasteiger partial charge < -0.3 is 15.0 Å². The third kappa shape index (κ3) is 4.50. The van der Waals surface area contributed by atoms with Crippen LogP contribution >= 0.6 is 11.6 Å². The highest BCUT2D eigenvalue weighted by molar-refractivity contribution is 6.32. The second-order valence-corrected chi connectivity index (χ2v) is 6.41. The lowest BCUT2D eigenvalue weighted by molar-refractivity contribution is -0.890. The summed E-state index contributed by atoms with van der Waals surface area (Å²) >= 11 is 5.79. The Morgan fingerprint density at radius 2 is 2.00 bits per heavy atom. The molecule has 2 aromatic carbocycles. The Kier molecular flexibility index (Phi) is 6.54. The SMILES string of the molecule is COc1ccccc1[C@H](CNC(=O)c1ccc(Cl)c([N+](=O)[O-])c1)[NH+](C)C. The number of hydrogen-bond acceptors (Lipinski definition) is 4. The Morgan fingerprint density at radius 3 is 2.62 bits per heavy atom. The number of amides is 1. The Bertz CT molecular complexity index is 811. The second-order valence-electron chi connectivity index (χ2n) is 6.01. The van der Waals surface area contributed by atoms with E-state index in [4.69, 9.17) is 16.3 Å². The number of hydrogen-bond donors (Lipinski definition) is 2. The molecule has 0 fully saturated rings. The number of ether oxygens (including phenoxy) is 1. The van der Waals surface area contributed by atoms with Crippen molar-refractivity contribution in [3.8, 4) is 5.75 Å². The first kappa shape index (κ1) is 19.7. The van der Waals surface area contributed by atoms with Gasteiger partial charge in [-0.25, -0.2) is 0 Å². The van der Waals surface area contributed by atoms with Crippen LogP contribution in [0.4, 0.5) is 5.69 Å². The van der Waals surface area contributed by atoms with Crippen molar-refractivity contribution < 1.29 is 19.4 Å². The maximum Gasteiger partial charge on any atom is 0.288 e. The molecule has 1 amide bonds. The fourth-order valence-corrected chi connectivity index (χ4v) is 2.86. The van der Waals surface area contributed by atoms with Gasteiger partial charge in [0, 0.05) is 11.6 Å². The first-order valence-corrected chi connectivity index (χ1v) is 8.38. The number of rotatable bonds is 7. The summed E-state index contributed by atoms with van der Waals surface area (Å²) < 4.78 is 5.41. The number of quaternary nitrogens is 1. The molecule has 0 saturated carbocycles. The average molecular weight is 379 g/mol. The van der Waals surface area contributed by atoms with Gasteiger partial charge in [0.1, 0.15) is 16.8 Å². The lowest BCUT2D eigenvalue weighted by Gasteiger charge is -2.23. The maximum absolute atomic E-state index is 12.4. The quantitative estimate of drug-likeness (QED) is 0.569. The van der Waals surface area contributed by atoms with Crippen LogP contribution in [0.2, 0.25) is 5.02 Å². The van der Waals surface area contributed by atoms with E-state index in [0.717, 1.165) is 16.2 Å². The van der Waals surface area contributed by atoms with Crippen molar-refractivity contribution in [3.63, 3.8) is 0 Å². The number of nitro benzene ring substituents is 1.